The average molecular weight is 255 g/mol. The molecule has 0 aromatic carbocycles. The van der Waals surface area contributed by atoms with Gasteiger partial charge in [0.25, 0.3) is 0 Å². The van der Waals surface area contributed by atoms with Gasteiger partial charge in [-0.1, -0.05) is 6.92 Å². The quantitative estimate of drug-likeness (QED) is 0.809. The van der Waals surface area contributed by atoms with Gasteiger partial charge in [-0.3, -0.25) is 0 Å². The molecule has 3 nitrogen and oxygen atoms in total. The summed E-state index contributed by atoms with van der Waals surface area (Å²) in [4.78, 5) is 2.49. The molecule has 0 radical (unpaired) electrons. The molecule has 2 rings (SSSR count). The molecule has 3 heteroatoms. The van der Waals surface area contributed by atoms with Crippen LogP contribution < -0.4 is 0 Å². The van der Waals surface area contributed by atoms with Crippen molar-refractivity contribution in [3.05, 3.63) is 0 Å². The first-order valence-electron chi connectivity index (χ1n) is 7.64. The summed E-state index contributed by atoms with van der Waals surface area (Å²) in [6, 6.07) is 0. The highest BCUT2D eigenvalue weighted by Crippen LogP contribution is 2.31. The predicted octanol–water partition coefficient (Wildman–Crippen LogP) is 1.88. The van der Waals surface area contributed by atoms with Crippen LogP contribution in [-0.4, -0.2) is 47.0 Å². The van der Waals surface area contributed by atoms with E-state index >= 15 is 0 Å². The van der Waals surface area contributed by atoms with Gasteiger partial charge in [0.05, 0.1) is 12.2 Å². The van der Waals surface area contributed by atoms with E-state index in [2.05, 4.69) is 11.8 Å². The molecule has 18 heavy (non-hydrogen) atoms. The Morgan fingerprint density at radius 2 is 1.83 bits per heavy atom. The van der Waals surface area contributed by atoms with Crippen molar-refractivity contribution in [2.45, 2.75) is 58.2 Å². The van der Waals surface area contributed by atoms with Crippen LogP contribution in [-0.2, 0) is 0 Å². The smallest absolute Gasteiger partial charge is 0.0580 e. The van der Waals surface area contributed by atoms with E-state index in [4.69, 9.17) is 0 Å². The highest BCUT2D eigenvalue weighted by atomic mass is 16.3. The molecule has 0 bridgehead atoms. The average Bonchev–Trinajstić information content (AvgIpc) is 2.34. The third kappa shape index (κ3) is 3.69. The first-order valence-corrected chi connectivity index (χ1v) is 7.64. The van der Waals surface area contributed by atoms with E-state index < -0.39 is 0 Å². The van der Waals surface area contributed by atoms with E-state index in [1.165, 1.54) is 12.8 Å². The van der Waals surface area contributed by atoms with E-state index in [9.17, 15) is 10.2 Å². The van der Waals surface area contributed by atoms with Gasteiger partial charge in [-0.15, -0.1) is 0 Å². The highest BCUT2D eigenvalue weighted by Gasteiger charge is 2.30. The fourth-order valence-electron chi connectivity index (χ4n) is 3.63. The summed E-state index contributed by atoms with van der Waals surface area (Å²) in [6.45, 7) is 7.45. The number of likely N-dealkylation sites (tertiary alicyclic amines) is 1. The van der Waals surface area contributed by atoms with Crippen LogP contribution in [0.15, 0.2) is 0 Å². The van der Waals surface area contributed by atoms with Crippen LogP contribution in [0.25, 0.3) is 0 Å². The molecule has 0 spiro atoms. The molecule has 2 fully saturated rings. The Morgan fingerprint density at radius 3 is 2.44 bits per heavy atom. The van der Waals surface area contributed by atoms with Crippen molar-refractivity contribution in [1.82, 2.24) is 4.90 Å². The fraction of sp³-hybridized carbons (Fsp3) is 1.00. The van der Waals surface area contributed by atoms with Crippen molar-refractivity contribution in [3.8, 4) is 0 Å². The Morgan fingerprint density at radius 1 is 1.17 bits per heavy atom. The third-order valence-electron chi connectivity index (χ3n) is 5.01. The zero-order chi connectivity index (χ0) is 13.1. The first kappa shape index (κ1) is 14.3. The zero-order valence-corrected chi connectivity index (χ0v) is 11.9. The molecule has 1 aliphatic carbocycles. The van der Waals surface area contributed by atoms with Crippen molar-refractivity contribution < 1.29 is 10.2 Å². The molecule has 4 atom stereocenters. The molecule has 1 saturated carbocycles. The molecular formula is C15H29NO2. The summed E-state index contributed by atoms with van der Waals surface area (Å²) >= 11 is 0. The monoisotopic (exact) mass is 255 g/mol. The van der Waals surface area contributed by atoms with Crippen LogP contribution in [0.5, 0.6) is 0 Å². The summed E-state index contributed by atoms with van der Waals surface area (Å²) in [7, 11) is 0. The van der Waals surface area contributed by atoms with E-state index in [0.29, 0.717) is 11.8 Å². The molecule has 0 amide bonds. The lowest BCUT2D eigenvalue weighted by Gasteiger charge is -2.39. The van der Waals surface area contributed by atoms with Gasteiger partial charge < -0.3 is 15.1 Å². The second kappa shape index (κ2) is 6.36. The Labute approximate surface area is 111 Å². The third-order valence-corrected chi connectivity index (χ3v) is 5.01. The molecular weight excluding hydrogens is 226 g/mol. The lowest BCUT2D eigenvalue weighted by atomic mass is 9.79. The topological polar surface area (TPSA) is 43.7 Å². The van der Waals surface area contributed by atoms with Crippen molar-refractivity contribution in [2.75, 3.05) is 19.6 Å². The molecule has 4 unspecified atom stereocenters. The van der Waals surface area contributed by atoms with E-state index in [1.807, 2.05) is 6.92 Å². The van der Waals surface area contributed by atoms with Crippen molar-refractivity contribution >= 4 is 0 Å². The van der Waals surface area contributed by atoms with Gasteiger partial charge in [-0.25, -0.2) is 0 Å². The Bertz CT molecular complexity index is 249. The maximum Gasteiger partial charge on any atom is 0.0580 e. The van der Waals surface area contributed by atoms with Crippen LogP contribution in [0.1, 0.15) is 46.0 Å². The minimum atomic E-state index is -0.160. The highest BCUT2D eigenvalue weighted by molar-refractivity contribution is 4.83. The number of nitrogens with zero attached hydrogens (tertiary/aromatic N) is 1. The molecule has 0 aromatic rings. The number of aliphatic hydroxyl groups excluding tert-OH is 2. The maximum atomic E-state index is 10.1. The Balaban J connectivity index is 1.77. The summed E-state index contributed by atoms with van der Waals surface area (Å²) in [5, 5.41) is 19.7. The second-order valence-corrected chi connectivity index (χ2v) is 6.62. The number of rotatable bonds is 3. The van der Waals surface area contributed by atoms with Crippen LogP contribution >= 0.6 is 0 Å². The summed E-state index contributed by atoms with van der Waals surface area (Å²) in [6.07, 6.45) is 5.31. The van der Waals surface area contributed by atoms with Gasteiger partial charge in [0.1, 0.15) is 0 Å². The second-order valence-electron chi connectivity index (χ2n) is 6.62. The van der Waals surface area contributed by atoms with Gasteiger partial charge in [0.2, 0.25) is 0 Å². The fourth-order valence-corrected chi connectivity index (χ4v) is 3.63. The molecule has 2 aliphatic rings. The van der Waals surface area contributed by atoms with Crippen molar-refractivity contribution in [3.63, 3.8) is 0 Å². The number of hydrogen-bond acceptors (Lipinski definition) is 3. The lowest BCUT2D eigenvalue weighted by molar-refractivity contribution is 0.0142. The summed E-state index contributed by atoms with van der Waals surface area (Å²) in [5.41, 5.74) is 0. The number of hydrogen-bond donors (Lipinski definition) is 2. The number of piperidine rings is 1. The first-order chi connectivity index (χ1) is 8.56. The lowest BCUT2D eigenvalue weighted by Crippen LogP contribution is -2.43. The van der Waals surface area contributed by atoms with Gasteiger partial charge in [-0.2, -0.15) is 0 Å². The normalized spacial score (nSPS) is 37.7. The van der Waals surface area contributed by atoms with Gasteiger partial charge in [-0.05, 0) is 69.9 Å². The van der Waals surface area contributed by atoms with E-state index in [0.717, 1.165) is 44.8 Å². The Hall–Kier alpha value is -0.120. The van der Waals surface area contributed by atoms with Gasteiger partial charge in [0.15, 0.2) is 0 Å². The zero-order valence-electron chi connectivity index (χ0n) is 11.9. The van der Waals surface area contributed by atoms with Crippen LogP contribution in [0.4, 0.5) is 0 Å². The minimum absolute atomic E-state index is 0.0873. The van der Waals surface area contributed by atoms with E-state index in [1.54, 1.807) is 0 Å². The minimum Gasteiger partial charge on any atom is -0.393 e. The molecule has 106 valence electrons. The SMILES string of the molecule is CC1CCC(O)C(CN2CCC(C(C)O)CC2)C1. The molecule has 1 heterocycles. The molecule has 0 aromatic heterocycles. The number of aliphatic hydroxyl groups is 2. The van der Waals surface area contributed by atoms with Crippen LogP contribution in [0.3, 0.4) is 0 Å². The summed E-state index contributed by atoms with van der Waals surface area (Å²) in [5.74, 6) is 1.72. The molecule has 2 N–H and O–H groups in total. The van der Waals surface area contributed by atoms with Crippen molar-refractivity contribution in [2.24, 2.45) is 17.8 Å². The summed E-state index contributed by atoms with van der Waals surface area (Å²) < 4.78 is 0. The largest absolute Gasteiger partial charge is 0.393 e. The van der Waals surface area contributed by atoms with Crippen LogP contribution in [0.2, 0.25) is 0 Å². The Kier molecular flexibility index (Phi) is 5.05. The molecule has 1 aliphatic heterocycles. The van der Waals surface area contributed by atoms with Gasteiger partial charge >= 0.3 is 0 Å². The maximum absolute atomic E-state index is 10.1. The van der Waals surface area contributed by atoms with Crippen LogP contribution in [0, 0.1) is 17.8 Å². The van der Waals surface area contributed by atoms with Crippen molar-refractivity contribution in [1.29, 1.82) is 0 Å². The predicted molar refractivity (Wildman–Crippen MR) is 73.4 cm³/mol. The van der Waals surface area contributed by atoms with E-state index in [-0.39, 0.29) is 12.2 Å². The molecule has 1 saturated heterocycles. The standard InChI is InChI=1S/C15H29NO2/c1-11-3-4-15(18)14(9-11)10-16-7-5-13(6-8-16)12(2)17/h11-15,17-18H,3-10H2,1-2H3. The van der Waals surface area contributed by atoms with Gasteiger partial charge in [0, 0.05) is 6.54 Å².